The van der Waals surface area contributed by atoms with Crippen LogP contribution in [0.4, 0.5) is 11.6 Å². The first kappa shape index (κ1) is 12.3. The van der Waals surface area contributed by atoms with Crippen LogP contribution in [0.3, 0.4) is 0 Å². The van der Waals surface area contributed by atoms with Gasteiger partial charge in [0.2, 0.25) is 5.95 Å². The van der Waals surface area contributed by atoms with Crippen molar-refractivity contribution in [3.05, 3.63) is 50.1 Å². The standard InChI is InChI=1S/C11H7ClN6O2/c12-5-1-3-6(4-2-5)13-10-14-8-7(17-18-10)9(19)16-11(20)15-8/h1-4H,(H3,13,14,15,16,18,19,20). The van der Waals surface area contributed by atoms with Gasteiger partial charge in [-0.25, -0.2) is 4.79 Å². The Balaban J connectivity index is 2.02. The first-order valence-corrected chi connectivity index (χ1v) is 5.89. The summed E-state index contributed by atoms with van der Waals surface area (Å²) in [6, 6.07) is 6.86. The number of fused-ring (bicyclic) bond motifs is 1. The second kappa shape index (κ2) is 4.74. The highest BCUT2D eigenvalue weighted by Gasteiger charge is 2.06. The minimum atomic E-state index is -0.652. The van der Waals surface area contributed by atoms with E-state index >= 15 is 0 Å². The summed E-state index contributed by atoms with van der Waals surface area (Å²) < 4.78 is 0. The average Bonchev–Trinajstić information content (AvgIpc) is 2.41. The lowest BCUT2D eigenvalue weighted by atomic mass is 10.3. The number of H-pyrrole nitrogens is 2. The van der Waals surface area contributed by atoms with Crippen molar-refractivity contribution in [1.29, 1.82) is 0 Å². The van der Waals surface area contributed by atoms with Crippen LogP contribution in [0, 0.1) is 0 Å². The molecule has 9 heteroatoms. The number of hydrogen-bond acceptors (Lipinski definition) is 6. The SMILES string of the molecule is O=c1[nH]c(=O)c2nnc(Nc3ccc(Cl)cc3)nc2[nH]1. The van der Waals surface area contributed by atoms with E-state index in [1.54, 1.807) is 24.3 Å². The molecular weight excluding hydrogens is 284 g/mol. The van der Waals surface area contributed by atoms with Gasteiger partial charge in [-0.05, 0) is 24.3 Å². The normalized spacial score (nSPS) is 10.7. The van der Waals surface area contributed by atoms with Crippen LogP contribution in [0.5, 0.6) is 0 Å². The van der Waals surface area contributed by atoms with Gasteiger partial charge in [0, 0.05) is 10.7 Å². The molecule has 3 aromatic rings. The van der Waals surface area contributed by atoms with E-state index in [1.807, 2.05) is 4.98 Å². The fraction of sp³-hybridized carbons (Fsp3) is 0. The number of halogens is 1. The number of rotatable bonds is 2. The van der Waals surface area contributed by atoms with Gasteiger partial charge in [0.25, 0.3) is 5.56 Å². The molecule has 0 saturated heterocycles. The van der Waals surface area contributed by atoms with E-state index in [4.69, 9.17) is 11.6 Å². The lowest BCUT2D eigenvalue weighted by Gasteiger charge is -2.04. The van der Waals surface area contributed by atoms with Gasteiger partial charge in [0.15, 0.2) is 11.2 Å². The maximum absolute atomic E-state index is 11.5. The van der Waals surface area contributed by atoms with Gasteiger partial charge in [-0.15, -0.1) is 10.2 Å². The highest BCUT2D eigenvalue weighted by Crippen LogP contribution is 2.16. The highest BCUT2D eigenvalue weighted by molar-refractivity contribution is 6.30. The molecule has 3 N–H and O–H groups in total. The zero-order chi connectivity index (χ0) is 14.1. The van der Waals surface area contributed by atoms with E-state index in [9.17, 15) is 9.59 Å². The molecule has 0 unspecified atom stereocenters. The van der Waals surface area contributed by atoms with Crippen molar-refractivity contribution in [3.8, 4) is 0 Å². The highest BCUT2D eigenvalue weighted by atomic mass is 35.5. The van der Waals surface area contributed by atoms with Crippen LogP contribution >= 0.6 is 11.6 Å². The van der Waals surface area contributed by atoms with Crippen molar-refractivity contribution in [3.63, 3.8) is 0 Å². The van der Waals surface area contributed by atoms with Crippen LogP contribution in [-0.2, 0) is 0 Å². The summed E-state index contributed by atoms with van der Waals surface area (Å²) >= 11 is 5.78. The molecule has 0 aliphatic carbocycles. The van der Waals surface area contributed by atoms with Crippen molar-refractivity contribution < 1.29 is 0 Å². The third kappa shape index (κ3) is 2.36. The molecule has 0 aliphatic heterocycles. The van der Waals surface area contributed by atoms with Gasteiger partial charge in [-0.1, -0.05) is 11.6 Å². The number of hydrogen-bond donors (Lipinski definition) is 3. The number of aromatic amines is 2. The van der Waals surface area contributed by atoms with Gasteiger partial charge in [-0.2, -0.15) is 4.98 Å². The number of nitrogens with one attached hydrogen (secondary N) is 3. The zero-order valence-electron chi connectivity index (χ0n) is 9.85. The van der Waals surface area contributed by atoms with Crippen LogP contribution in [0.25, 0.3) is 11.2 Å². The summed E-state index contributed by atoms with van der Waals surface area (Å²) in [5.41, 5.74) is -0.568. The van der Waals surface area contributed by atoms with E-state index in [2.05, 4.69) is 25.5 Å². The maximum atomic E-state index is 11.5. The molecule has 3 rings (SSSR count). The molecule has 100 valence electrons. The van der Waals surface area contributed by atoms with E-state index < -0.39 is 11.2 Å². The first-order valence-electron chi connectivity index (χ1n) is 5.51. The summed E-state index contributed by atoms with van der Waals surface area (Å²) in [4.78, 5) is 31.1. The smallest absolute Gasteiger partial charge is 0.323 e. The Morgan fingerprint density at radius 3 is 2.55 bits per heavy atom. The van der Waals surface area contributed by atoms with Crippen molar-refractivity contribution in [2.24, 2.45) is 0 Å². The molecule has 0 saturated carbocycles. The molecule has 0 amide bonds. The maximum Gasteiger partial charge on any atom is 0.327 e. The molecule has 0 bridgehead atoms. The Bertz CT molecular complexity index is 886. The van der Waals surface area contributed by atoms with Gasteiger partial charge in [-0.3, -0.25) is 14.8 Å². The average molecular weight is 291 g/mol. The lowest BCUT2D eigenvalue weighted by molar-refractivity contribution is 0.972. The summed E-state index contributed by atoms with van der Waals surface area (Å²) in [7, 11) is 0. The van der Waals surface area contributed by atoms with E-state index in [0.717, 1.165) is 0 Å². The number of nitrogens with zero attached hydrogens (tertiary/aromatic N) is 3. The molecule has 0 radical (unpaired) electrons. The summed E-state index contributed by atoms with van der Waals surface area (Å²) in [6.45, 7) is 0. The summed E-state index contributed by atoms with van der Waals surface area (Å²) in [5, 5.41) is 11.0. The first-order chi connectivity index (χ1) is 9.61. The Morgan fingerprint density at radius 2 is 1.80 bits per heavy atom. The second-order valence-electron chi connectivity index (χ2n) is 3.87. The molecule has 0 aliphatic rings. The van der Waals surface area contributed by atoms with E-state index in [1.165, 1.54) is 0 Å². The minimum Gasteiger partial charge on any atom is -0.323 e. The minimum absolute atomic E-state index is 0.0359. The number of benzene rings is 1. The molecule has 1 aromatic carbocycles. The van der Waals surface area contributed by atoms with Gasteiger partial charge in [0.1, 0.15) is 0 Å². The van der Waals surface area contributed by atoms with E-state index in [0.29, 0.717) is 10.7 Å². The Morgan fingerprint density at radius 1 is 1.05 bits per heavy atom. The van der Waals surface area contributed by atoms with Crippen LogP contribution in [0.2, 0.25) is 5.02 Å². The van der Waals surface area contributed by atoms with Gasteiger partial charge in [0.05, 0.1) is 0 Å². The van der Waals surface area contributed by atoms with Crippen LogP contribution in [-0.4, -0.2) is 25.1 Å². The largest absolute Gasteiger partial charge is 0.327 e. The number of aromatic nitrogens is 5. The van der Waals surface area contributed by atoms with Crippen molar-refractivity contribution in [2.75, 3.05) is 5.32 Å². The van der Waals surface area contributed by atoms with Crippen molar-refractivity contribution in [2.45, 2.75) is 0 Å². The quantitative estimate of drug-likeness (QED) is 0.643. The Labute approximate surface area is 115 Å². The lowest BCUT2D eigenvalue weighted by Crippen LogP contribution is -2.23. The van der Waals surface area contributed by atoms with Crippen molar-refractivity contribution >= 4 is 34.4 Å². The summed E-state index contributed by atoms with van der Waals surface area (Å²) in [6.07, 6.45) is 0. The molecule has 2 heterocycles. The fourth-order valence-electron chi connectivity index (χ4n) is 1.58. The third-order valence-corrected chi connectivity index (χ3v) is 2.71. The number of anilines is 2. The molecule has 0 atom stereocenters. The molecule has 2 aromatic heterocycles. The molecule has 0 fully saturated rings. The Kier molecular flexibility index (Phi) is 2.92. The third-order valence-electron chi connectivity index (χ3n) is 2.46. The van der Waals surface area contributed by atoms with Gasteiger partial charge < -0.3 is 5.32 Å². The van der Waals surface area contributed by atoms with Crippen LogP contribution in [0.15, 0.2) is 33.9 Å². The van der Waals surface area contributed by atoms with Gasteiger partial charge >= 0.3 is 5.69 Å². The molecule has 8 nitrogen and oxygen atoms in total. The van der Waals surface area contributed by atoms with Crippen LogP contribution < -0.4 is 16.6 Å². The van der Waals surface area contributed by atoms with Crippen LogP contribution in [0.1, 0.15) is 0 Å². The Hall–Kier alpha value is -2.74. The summed E-state index contributed by atoms with van der Waals surface area (Å²) in [5.74, 6) is 0.154. The molecule has 0 spiro atoms. The fourth-order valence-corrected chi connectivity index (χ4v) is 1.71. The van der Waals surface area contributed by atoms with Crippen molar-refractivity contribution in [1.82, 2.24) is 25.1 Å². The predicted molar refractivity (Wildman–Crippen MR) is 73.3 cm³/mol. The zero-order valence-corrected chi connectivity index (χ0v) is 10.6. The predicted octanol–water partition coefficient (Wildman–Crippen LogP) is 0.798. The second-order valence-corrected chi connectivity index (χ2v) is 4.31. The molecule has 20 heavy (non-hydrogen) atoms. The monoisotopic (exact) mass is 290 g/mol. The topological polar surface area (TPSA) is 116 Å². The molecular formula is C11H7ClN6O2. The van der Waals surface area contributed by atoms with E-state index in [-0.39, 0.29) is 17.1 Å².